The molecule has 0 fully saturated rings. The van der Waals surface area contributed by atoms with E-state index >= 15 is 0 Å². The Morgan fingerprint density at radius 2 is 1.74 bits per heavy atom. The van der Waals surface area contributed by atoms with Gasteiger partial charge in [0, 0.05) is 13.0 Å². The van der Waals surface area contributed by atoms with Gasteiger partial charge in [0.1, 0.15) is 0 Å². The molecule has 0 saturated heterocycles. The second kappa shape index (κ2) is 8.29. The van der Waals surface area contributed by atoms with Crippen LogP contribution >= 0.6 is 0 Å². The summed E-state index contributed by atoms with van der Waals surface area (Å²) in [6.07, 6.45) is 2.15. The predicted octanol–water partition coefficient (Wildman–Crippen LogP) is 1.86. The van der Waals surface area contributed by atoms with Crippen LogP contribution in [-0.2, 0) is 27.2 Å². The first-order valence-electron chi connectivity index (χ1n) is 6.57. The molecule has 1 aromatic rings. The van der Waals surface area contributed by atoms with E-state index in [1.807, 2.05) is 0 Å². The number of carbonyl (C=O) groups is 2. The fraction of sp³-hybridized carbons (Fsp3) is 0.467. The number of hydrogen-bond acceptors (Lipinski definition) is 3. The summed E-state index contributed by atoms with van der Waals surface area (Å²) in [4.78, 5) is 22.3. The van der Waals surface area contributed by atoms with Crippen molar-refractivity contribution >= 4 is 11.9 Å². The first-order chi connectivity index (χ1) is 9.15. The van der Waals surface area contributed by atoms with Crippen LogP contribution in [0.2, 0.25) is 0 Å². The summed E-state index contributed by atoms with van der Waals surface area (Å²) in [7, 11) is 1.32. The van der Waals surface area contributed by atoms with Crippen LogP contribution in [0.5, 0.6) is 0 Å². The van der Waals surface area contributed by atoms with E-state index in [1.54, 1.807) is 0 Å². The van der Waals surface area contributed by atoms with E-state index in [0.717, 1.165) is 12.8 Å². The van der Waals surface area contributed by atoms with Crippen LogP contribution in [0.4, 0.5) is 0 Å². The fourth-order valence-electron chi connectivity index (χ4n) is 1.69. The number of methoxy groups -OCH3 is 1. The van der Waals surface area contributed by atoms with Gasteiger partial charge in [-0.15, -0.1) is 0 Å². The summed E-state index contributed by atoms with van der Waals surface area (Å²) in [6.45, 7) is 2.71. The van der Waals surface area contributed by atoms with Crippen molar-refractivity contribution in [2.24, 2.45) is 0 Å². The number of benzene rings is 1. The minimum absolute atomic E-state index is 0.115. The second-order valence-corrected chi connectivity index (χ2v) is 4.35. The average Bonchev–Trinajstić information content (AvgIpc) is 2.45. The molecule has 19 heavy (non-hydrogen) atoms. The molecule has 0 saturated carbocycles. The molecular formula is C15H21NO3. The summed E-state index contributed by atoms with van der Waals surface area (Å²) in [6, 6.07) is 8.38. The van der Waals surface area contributed by atoms with Gasteiger partial charge in [-0.25, -0.2) is 0 Å². The van der Waals surface area contributed by atoms with Gasteiger partial charge >= 0.3 is 5.97 Å². The van der Waals surface area contributed by atoms with Crippen LogP contribution in [0.25, 0.3) is 0 Å². The molecule has 0 unspecified atom stereocenters. The Labute approximate surface area is 114 Å². The third-order valence-electron chi connectivity index (χ3n) is 2.95. The van der Waals surface area contributed by atoms with Crippen LogP contribution in [0.1, 0.15) is 30.9 Å². The molecule has 4 nitrogen and oxygen atoms in total. The van der Waals surface area contributed by atoms with Crippen molar-refractivity contribution < 1.29 is 14.3 Å². The van der Waals surface area contributed by atoms with Gasteiger partial charge in [0.2, 0.25) is 5.91 Å². The van der Waals surface area contributed by atoms with Crippen LogP contribution < -0.4 is 5.32 Å². The molecule has 1 aromatic carbocycles. The van der Waals surface area contributed by atoms with E-state index in [4.69, 9.17) is 0 Å². The van der Waals surface area contributed by atoms with Gasteiger partial charge < -0.3 is 10.1 Å². The third-order valence-corrected chi connectivity index (χ3v) is 2.95. The maximum Gasteiger partial charge on any atom is 0.306 e. The van der Waals surface area contributed by atoms with Crippen LogP contribution in [-0.4, -0.2) is 25.5 Å². The van der Waals surface area contributed by atoms with Crippen molar-refractivity contribution in [1.29, 1.82) is 0 Å². The molecule has 1 rings (SSSR count). The predicted molar refractivity (Wildman–Crippen MR) is 73.8 cm³/mol. The van der Waals surface area contributed by atoms with Gasteiger partial charge in [-0.2, -0.15) is 0 Å². The third kappa shape index (κ3) is 6.04. The van der Waals surface area contributed by atoms with Gasteiger partial charge in [0.25, 0.3) is 0 Å². The SMILES string of the molecule is CCc1ccc(CCNC(=O)CCC(=O)OC)cc1. The molecule has 1 N–H and O–H groups in total. The van der Waals surface area contributed by atoms with E-state index in [2.05, 4.69) is 41.2 Å². The summed E-state index contributed by atoms with van der Waals surface area (Å²) in [5.41, 5.74) is 2.51. The highest BCUT2D eigenvalue weighted by Crippen LogP contribution is 2.05. The number of hydrogen-bond donors (Lipinski definition) is 1. The number of aryl methyl sites for hydroxylation is 1. The van der Waals surface area contributed by atoms with E-state index in [9.17, 15) is 9.59 Å². The number of esters is 1. The molecule has 0 aliphatic rings. The van der Waals surface area contributed by atoms with Gasteiger partial charge in [-0.1, -0.05) is 31.2 Å². The largest absolute Gasteiger partial charge is 0.469 e. The number of rotatable bonds is 7. The maximum absolute atomic E-state index is 11.4. The summed E-state index contributed by atoms with van der Waals surface area (Å²) < 4.78 is 4.48. The lowest BCUT2D eigenvalue weighted by Crippen LogP contribution is -2.26. The zero-order valence-corrected chi connectivity index (χ0v) is 11.6. The monoisotopic (exact) mass is 263 g/mol. The summed E-state index contributed by atoms with van der Waals surface area (Å²) >= 11 is 0. The highest BCUT2D eigenvalue weighted by molar-refractivity contribution is 5.81. The standard InChI is InChI=1S/C15H21NO3/c1-3-12-4-6-13(7-5-12)10-11-16-14(17)8-9-15(18)19-2/h4-7H,3,8-11H2,1-2H3,(H,16,17). The van der Waals surface area contributed by atoms with Crippen molar-refractivity contribution in [3.63, 3.8) is 0 Å². The molecule has 0 spiro atoms. The van der Waals surface area contributed by atoms with Crippen molar-refractivity contribution in [2.75, 3.05) is 13.7 Å². The van der Waals surface area contributed by atoms with Crippen LogP contribution in [0, 0.1) is 0 Å². The Hall–Kier alpha value is -1.84. The first-order valence-corrected chi connectivity index (χ1v) is 6.57. The molecule has 0 radical (unpaired) electrons. The molecule has 104 valence electrons. The van der Waals surface area contributed by atoms with Crippen LogP contribution in [0.15, 0.2) is 24.3 Å². The highest BCUT2D eigenvalue weighted by atomic mass is 16.5. The molecule has 0 bridgehead atoms. The molecule has 4 heteroatoms. The summed E-state index contributed by atoms with van der Waals surface area (Å²) in [5, 5.41) is 2.79. The van der Waals surface area contributed by atoms with E-state index < -0.39 is 0 Å². The minimum atomic E-state index is -0.356. The Bertz CT molecular complexity index is 412. The second-order valence-electron chi connectivity index (χ2n) is 4.35. The van der Waals surface area contributed by atoms with Crippen molar-refractivity contribution in [1.82, 2.24) is 5.32 Å². The molecular weight excluding hydrogens is 242 g/mol. The smallest absolute Gasteiger partial charge is 0.306 e. The molecule has 1 amide bonds. The molecule has 0 aromatic heterocycles. The van der Waals surface area contributed by atoms with E-state index in [-0.39, 0.29) is 24.7 Å². The van der Waals surface area contributed by atoms with Crippen LogP contribution in [0.3, 0.4) is 0 Å². The normalized spacial score (nSPS) is 10.0. The number of nitrogens with one attached hydrogen (secondary N) is 1. The Morgan fingerprint density at radius 3 is 2.32 bits per heavy atom. The van der Waals surface area contributed by atoms with Crippen molar-refractivity contribution in [2.45, 2.75) is 32.6 Å². The Kier molecular flexibility index (Phi) is 6.64. The van der Waals surface area contributed by atoms with E-state index in [0.29, 0.717) is 6.54 Å². The molecule has 0 heterocycles. The summed E-state index contributed by atoms with van der Waals surface area (Å²) in [5.74, 6) is -0.471. The van der Waals surface area contributed by atoms with Gasteiger partial charge in [-0.05, 0) is 24.0 Å². The van der Waals surface area contributed by atoms with E-state index in [1.165, 1.54) is 18.2 Å². The zero-order valence-electron chi connectivity index (χ0n) is 11.6. The zero-order chi connectivity index (χ0) is 14.1. The Morgan fingerprint density at radius 1 is 1.11 bits per heavy atom. The lowest BCUT2D eigenvalue weighted by atomic mass is 10.1. The molecule has 0 atom stereocenters. The number of amides is 1. The number of carbonyl (C=O) groups excluding carboxylic acids is 2. The first kappa shape index (κ1) is 15.2. The molecule has 0 aliphatic carbocycles. The average molecular weight is 263 g/mol. The van der Waals surface area contributed by atoms with Crippen molar-refractivity contribution in [3.8, 4) is 0 Å². The highest BCUT2D eigenvalue weighted by Gasteiger charge is 2.05. The number of ether oxygens (including phenoxy) is 1. The maximum atomic E-state index is 11.4. The fourth-order valence-corrected chi connectivity index (χ4v) is 1.69. The topological polar surface area (TPSA) is 55.4 Å². The lowest BCUT2D eigenvalue weighted by Gasteiger charge is -2.05. The van der Waals surface area contributed by atoms with Gasteiger partial charge in [-0.3, -0.25) is 9.59 Å². The van der Waals surface area contributed by atoms with Gasteiger partial charge in [0.05, 0.1) is 13.5 Å². The van der Waals surface area contributed by atoms with Crippen molar-refractivity contribution in [3.05, 3.63) is 35.4 Å². The minimum Gasteiger partial charge on any atom is -0.469 e. The Balaban J connectivity index is 2.22. The lowest BCUT2D eigenvalue weighted by molar-refractivity contribution is -0.142. The quantitative estimate of drug-likeness (QED) is 0.764. The molecule has 0 aliphatic heterocycles. The van der Waals surface area contributed by atoms with Gasteiger partial charge in [0.15, 0.2) is 0 Å².